The van der Waals surface area contributed by atoms with Crippen LogP contribution in [0.25, 0.3) is 11.2 Å². The second-order valence-electron chi connectivity index (χ2n) is 5.79. The fourth-order valence-corrected chi connectivity index (χ4v) is 4.10. The van der Waals surface area contributed by atoms with E-state index in [1.54, 1.807) is 0 Å². The van der Waals surface area contributed by atoms with Crippen LogP contribution in [-0.4, -0.2) is 14.5 Å². The van der Waals surface area contributed by atoms with E-state index in [0.717, 1.165) is 26.3 Å². The molecule has 1 fully saturated rings. The van der Waals surface area contributed by atoms with Crippen molar-refractivity contribution in [2.75, 3.05) is 0 Å². The van der Waals surface area contributed by atoms with Crippen LogP contribution in [0.2, 0.25) is 0 Å². The number of aromatic nitrogens is 3. The maximum atomic E-state index is 5.51. The van der Waals surface area contributed by atoms with Crippen molar-refractivity contribution in [3.63, 3.8) is 0 Å². The van der Waals surface area contributed by atoms with Crippen LogP contribution in [0.3, 0.4) is 0 Å². The maximum Gasteiger partial charge on any atom is 0.179 e. The van der Waals surface area contributed by atoms with Gasteiger partial charge in [0.25, 0.3) is 0 Å². The van der Waals surface area contributed by atoms with Gasteiger partial charge in [0.05, 0.1) is 5.52 Å². The normalized spacial score (nSPS) is 23.3. The minimum atomic E-state index is 0.512. The van der Waals surface area contributed by atoms with E-state index in [0.29, 0.717) is 6.04 Å². The first kappa shape index (κ1) is 14.3. The molecule has 0 radical (unpaired) electrons. The molecule has 0 unspecified atom stereocenters. The van der Waals surface area contributed by atoms with Crippen molar-refractivity contribution in [3.8, 4) is 0 Å². The molecule has 1 aliphatic rings. The molecule has 108 valence electrons. The number of pyridine rings is 1. The van der Waals surface area contributed by atoms with E-state index in [2.05, 4.69) is 43.5 Å². The van der Waals surface area contributed by atoms with Crippen molar-refractivity contribution in [1.82, 2.24) is 14.5 Å². The molecule has 1 saturated carbocycles. The summed E-state index contributed by atoms with van der Waals surface area (Å²) < 4.78 is 4.03. The molecule has 20 heavy (non-hydrogen) atoms. The summed E-state index contributed by atoms with van der Waals surface area (Å²) in [4.78, 5) is 7.84. The molecule has 1 N–H and O–H groups in total. The molecule has 0 aromatic carbocycles. The zero-order chi connectivity index (χ0) is 14.1. The lowest BCUT2D eigenvalue weighted by Gasteiger charge is -2.29. The van der Waals surface area contributed by atoms with Gasteiger partial charge in [0.2, 0.25) is 0 Å². The number of hydrogen-bond donors (Lipinski definition) is 1. The number of nitrogens with zero attached hydrogens (tertiary/aromatic N) is 2. The molecule has 0 saturated heterocycles. The number of nitrogens with one attached hydrogen (secondary N) is 1. The van der Waals surface area contributed by atoms with Gasteiger partial charge in [0.15, 0.2) is 10.4 Å². The summed E-state index contributed by atoms with van der Waals surface area (Å²) in [6.45, 7) is 2.28. The lowest BCUT2D eigenvalue weighted by molar-refractivity contribution is 0.264. The molecule has 2 aromatic rings. The minimum Gasteiger partial charge on any atom is -0.329 e. The van der Waals surface area contributed by atoms with Gasteiger partial charge in [0.1, 0.15) is 0 Å². The zero-order valence-electron chi connectivity index (χ0n) is 11.7. The molecule has 5 heteroatoms. The highest BCUT2D eigenvalue weighted by molar-refractivity contribution is 9.10. The van der Waals surface area contributed by atoms with E-state index in [9.17, 15) is 0 Å². The van der Waals surface area contributed by atoms with Crippen molar-refractivity contribution in [1.29, 1.82) is 0 Å². The lowest BCUT2D eigenvalue weighted by Crippen LogP contribution is -2.18. The number of halogens is 1. The minimum absolute atomic E-state index is 0.512. The second kappa shape index (κ2) is 5.98. The lowest BCUT2D eigenvalue weighted by atomic mass is 9.83. The van der Waals surface area contributed by atoms with Gasteiger partial charge in [-0.25, -0.2) is 4.98 Å². The average molecular weight is 354 g/mol. The number of aromatic amines is 1. The number of rotatable bonds is 3. The quantitative estimate of drug-likeness (QED) is 0.750. The Morgan fingerprint density at radius 1 is 1.40 bits per heavy atom. The van der Waals surface area contributed by atoms with E-state index in [-0.39, 0.29) is 0 Å². The molecule has 0 bridgehead atoms. The summed E-state index contributed by atoms with van der Waals surface area (Å²) in [5, 5.41) is 0. The molecule has 3 rings (SSSR count). The zero-order valence-corrected chi connectivity index (χ0v) is 14.1. The van der Waals surface area contributed by atoms with Crippen molar-refractivity contribution in [3.05, 3.63) is 21.5 Å². The largest absolute Gasteiger partial charge is 0.329 e. The highest BCUT2D eigenvalue weighted by atomic mass is 79.9. The topological polar surface area (TPSA) is 33.6 Å². The Kier molecular flexibility index (Phi) is 4.26. The first-order valence-electron chi connectivity index (χ1n) is 7.44. The second-order valence-corrected chi connectivity index (χ2v) is 7.09. The third kappa shape index (κ3) is 2.70. The Morgan fingerprint density at radius 2 is 2.15 bits per heavy atom. The highest BCUT2D eigenvalue weighted by Gasteiger charge is 2.24. The Balaban J connectivity index is 1.88. The molecule has 0 spiro atoms. The first-order valence-corrected chi connectivity index (χ1v) is 8.65. The molecular formula is C15H20BrN3S. The summed E-state index contributed by atoms with van der Waals surface area (Å²) in [7, 11) is 0. The third-order valence-electron chi connectivity index (χ3n) is 4.40. The van der Waals surface area contributed by atoms with Crippen LogP contribution >= 0.6 is 28.1 Å². The Labute approximate surface area is 132 Å². The fraction of sp³-hybridized carbons (Fsp3) is 0.600. The molecule has 2 heterocycles. The van der Waals surface area contributed by atoms with Crippen molar-refractivity contribution in [2.45, 2.75) is 51.5 Å². The summed E-state index contributed by atoms with van der Waals surface area (Å²) >= 11 is 8.97. The summed E-state index contributed by atoms with van der Waals surface area (Å²) in [6.07, 6.45) is 9.62. The van der Waals surface area contributed by atoms with Gasteiger partial charge in [-0.3, -0.25) is 4.57 Å². The van der Waals surface area contributed by atoms with Crippen molar-refractivity contribution in [2.24, 2.45) is 5.92 Å². The van der Waals surface area contributed by atoms with Crippen molar-refractivity contribution < 1.29 is 0 Å². The van der Waals surface area contributed by atoms with Gasteiger partial charge in [-0.1, -0.05) is 19.8 Å². The van der Waals surface area contributed by atoms with Gasteiger partial charge < -0.3 is 4.98 Å². The van der Waals surface area contributed by atoms with Gasteiger partial charge in [-0.2, -0.15) is 0 Å². The monoisotopic (exact) mass is 353 g/mol. The van der Waals surface area contributed by atoms with Gasteiger partial charge in [-0.15, -0.1) is 0 Å². The van der Waals surface area contributed by atoms with Gasteiger partial charge in [0, 0.05) is 16.7 Å². The highest BCUT2D eigenvalue weighted by Crippen LogP contribution is 2.36. The summed E-state index contributed by atoms with van der Waals surface area (Å²) in [6, 6.07) is 2.56. The number of imidazole rings is 1. The van der Waals surface area contributed by atoms with E-state index in [1.165, 1.54) is 38.5 Å². The predicted molar refractivity (Wildman–Crippen MR) is 88.5 cm³/mol. The summed E-state index contributed by atoms with van der Waals surface area (Å²) in [5.41, 5.74) is 2.03. The molecule has 2 aromatic heterocycles. The average Bonchev–Trinajstić information content (AvgIpc) is 2.75. The number of H-pyrrole nitrogens is 1. The van der Waals surface area contributed by atoms with Crippen LogP contribution in [0, 0.1) is 10.7 Å². The Bertz CT molecular complexity index is 653. The number of hydrogen-bond acceptors (Lipinski definition) is 2. The predicted octanol–water partition coefficient (Wildman–Crippen LogP) is 5.39. The smallest absolute Gasteiger partial charge is 0.179 e. The van der Waals surface area contributed by atoms with Crippen LogP contribution < -0.4 is 0 Å². The molecule has 3 nitrogen and oxygen atoms in total. The fourth-order valence-electron chi connectivity index (χ4n) is 3.43. The number of fused-ring (bicyclic) bond motifs is 1. The van der Waals surface area contributed by atoms with Gasteiger partial charge in [-0.05, 0) is 65.8 Å². The standard InChI is InChI=1S/C15H20BrN3S/c1-2-3-10-4-6-12(7-5-10)19-14-13(18-15(19)20)8-11(16)9-17-14/h8-10,12H,2-7H2,1H3,(H,18,20). The van der Waals surface area contributed by atoms with Crippen LogP contribution in [0.4, 0.5) is 0 Å². The van der Waals surface area contributed by atoms with Gasteiger partial charge >= 0.3 is 0 Å². The van der Waals surface area contributed by atoms with Crippen LogP contribution in [0.1, 0.15) is 51.5 Å². The maximum absolute atomic E-state index is 5.51. The first-order chi connectivity index (χ1) is 9.69. The van der Waals surface area contributed by atoms with Crippen LogP contribution in [0.5, 0.6) is 0 Å². The van der Waals surface area contributed by atoms with E-state index in [1.807, 2.05) is 6.20 Å². The SMILES string of the molecule is CCCC1CCC(n2c(=S)[nH]c3cc(Br)cnc32)CC1. The third-order valence-corrected chi connectivity index (χ3v) is 5.13. The van der Waals surface area contributed by atoms with E-state index >= 15 is 0 Å². The molecule has 1 aliphatic carbocycles. The Morgan fingerprint density at radius 3 is 2.85 bits per heavy atom. The van der Waals surface area contributed by atoms with Crippen LogP contribution in [-0.2, 0) is 0 Å². The van der Waals surface area contributed by atoms with Crippen molar-refractivity contribution >= 4 is 39.3 Å². The van der Waals surface area contributed by atoms with Crippen LogP contribution in [0.15, 0.2) is 16.7 Å². The Hall–Kier alpha value is -0.680. The van der Waals surface area contributed by atoms with E-state index in [4.69, 9.17) is 12.2 Å². The molecular weight excluding hydrogens is 334 g/mol. The van der Waals surface area contributed by atoms with E-state index < -0.39 is 0 Å². The molecule has 0 amide bonds. The molecule has 0 atom stereocenters. The molecule has 0 aliphatic heterocycles. The summed E-state index contributed by atoms with van der Waals surface area (Å²) in [5.74, 6) is 0.915.